The third-order valence-corrected chi connectivity index (χ3v) is 7.08. The number of amides is 1. The zero-order chi connectivity index (χ0) is 21.3. The van der Waals surface area contributed by atoms with E-state index in [1.807, 2.05) is 30.3 Å². The maximum Gasteiger partial charge on any atom is 0.305 e. The Labute approximate surface area is 179 Å². The summed E-state index contributed by atoms with van der Waals surface area (Å²) in [6.45, 7) is 7.00. The number of carbonyl (C=O) groups excluding carboxylic acids is 2. The van der Waals surface area contributed by atoms with Gasteiger partial charge < -0.3 is 10.1 Å². The van der Waals surface area contributed by atoms with Crippen molar-refractivity contribution in [3.8, 4) is 0 Å². The lowest BCUT2D eigenvalue weighted by molar-refractivity contribution is -0.142. The molecule has 1 aromatic rings. The summed E-state index contributed by atoms with van der Waals surface area (Å²) in [7, 11) is 1.42. The Kier molecular flexibility index (Phi) is 5.96. The molecular formula is C24H33N3O3. The van der Waals surface area contributed by atoms with E-state index in [1.165, 1.54) is 7.11 Å². The zero-order valence-corrected chi connectivity index (χ0v) is 18.2. The number of hydrogen-bond acceptors (Lipinski definition) is 5. The Balaban J connectivity index is 1.59. The number of methoxy groups -OCH3 is 1. The molecule has 162 valence electrons. The third-order valence-electron chi connectivity index (χ3n) is 7.08. The summed E-state index contributed by atoms with van der Waals surface area (Å²) in [6.07, 6.45) is 3.78. The van der Waals surface area contributed by atoms with Crippen LogP contribution in [0.25, 0.3) is 0 Å². The molecule has 0 aromatic heterocycles. The molecule has 1 aromatic carbocycles. The van der Waals surface area contributed by atoms with Crippen molar-refractivity contribution in [1.29, 1.82) is 0 Å². The monoisotopic (exact) mass is 411 g/mol. The molecule has 3 heterocycles. The molecule has 5 atom stereocenters. The molecule has 30 heavy (non-hydrogen) atoms. The number of nitrogens with zero attached hydrogens (tertiary/aromatic N) is 2. The van der Waals surface area contributed by atoms with Gasteiger partial charge in [-0.3, -0.25) is 19.5 Å². The Morgan fingerprint density at radius 2 is 2.07 bits per heavy atom. The molecule has 1 saturated carbocycles. The average Bonchev–Trinajstić information content (AvgIpc) is 3.04. The predicted octanol–water partition coefficient (Wildman–Crippen LogP) is 2.67. The van der Waals surface area contributed by atoms with Crippen LogP contribution in [0.5, 0.6) is 0 Å². The molecule has 0 spiro atoms. The molecule has 0 radical (unpaired) electrons. The van der Waals surface area contributed by atoms with Crippen molar-refractivity contribution in [2.75, 3.05) is 20.2 Å². The SMILES string of the molecule is COC(=O)CC[C@H]1[C@@H]2[C@@H]3C=N[C@@]1(C(=O)NCc1ccccc1)C[C@@H]3CN2CC(C)C. The number of benzene rings is 1. The molecule has 6 nitrogen and oxygen atoms in total. The van der Waals surface area contributed by atoms with Gasteiger partial charge in [-0.1, -0.05) is 44.2 Å². The molecular weight excluding hydrogens is 378 g/mol. The molecule has 6 heteroatoms. The highest BCUT2D eigenvalue weighted by molar-refractivity contribution is 5.91. The van der Waals surface area contributed by atoms with Crippen molar-refractivity contribution in [2.45, 2.75) is 51.2 Å². The van der Waals surface area contributed by atoms with Gasteiger partial charge in [0.05, 0.1) is 7.11 Å². The molecule has 5 rings (SSSR count). The Bertz CT molecular complexity index is 809. The van der Waals surface area contributed by atoms with Gasteiger partial charge in [-0.2, -0.15) is 0 Å². The number of hydrogen-bond donors (Lipinski definition) is 1. The third kappa shape index (κ3) is 3.78. The Morgan fingerprint density at radius 3 is 2.77 bits per heavy atom. The van der Waals surface area contributed by atoms with E-state index >= 15 is 0 Å². The van der Waals surface area contributed by atoms with E-state index in [-0.39, 0.29) is 23.8 Å². The largest absolute Gasteiger partial charge is 0.469 e. The van der Waals surface area contributed by atoms with Crippen molar-refractivity contribution >= 4 is 18.1 Å². The molecule has 3 aliphatic heterocycles. The van der Waals surface area contributed by atoms with E-state index in [4.69, 9.17) is 9.73 Å². The second kappa shape index (κ2) is 8.50. The minimum atomic E-state index is -0.779. The summed E-state index contributed by atoms with van der Waals surface area (Å²) in [4.78, 5) is 32.9. The fourth-order valence-corrected chi connectivity index (χ4v) is 5.90. The summed E-state index contributed by atoms with van der Waals surface area (Å²) >= 11 is 0. The average molecular weight is 412 g/mol. The van der Waals surface area contributed by atoms with E-state index in [1.54, 1.807) is 0 Å². The summed E-state index contributed by atoms with van der Waals surface area (Å²) in [5, 5.41) is 3.15. The first-order valence-corrected chi connectivity index (χ1v) is 11.1. The highest BCUT2D eigenvalue weighted by atomic mass is 16.5. The van der Waals surface area contributed by atoms with Crippen LogP contribution in [-0.2, 0) is 20.9 Å². The van der Waals surface area contributed by atoms with Crippen LogP contribution in [0.15, 0.2) is 35.3 Å². The van der Waals surface area contributed by atoms with Crippen LogP contribution < -0.4 is 5.32 Å². The predicted molar refractivity (Wildman–Crippen MR) is 116 cm³/mol. The van der Waals surface area contributed by atoms with E-state index in [2.05, 4.69) is 30.3 Å². The second-order valence-electron chi connectivity index (χ2n) is 9.47. The summed E-state index contributed by atoms with van der Waals surface area (Å²) < 4.78 is 4.90. The van der Waals surface area contributed by atoms with E-state index in [0.717, 1.165) is 25.1 Å². The number of ether oxygens (including phenoxy) is 1. The lowest BCUT2D eigenvalue weighted by atomic mass is 9.60. The fourth-order valence-electron chi connectivity index (χ4n) is 5.90. The van der Waals surface area contributed by atoms with Gasteiger partial charge in [0.25, 0.3) is 0 Å². The van der Waals surface area contributed by atoms with Gasteiger partial charge in [-0.25, -0.2) is 0 Å². The molecule has 1 N–H and O–H groups in total. The van der Waals surface area contributed by atoms with Crippen molar-refractivity contribution in [3.63, 3.8) is 0 Å². The molecule has 4 aliphatic rings. The number of nitrogens with one attached hydrogen (secondary N) is 1. The Hall–Kier alpha value is -2.21. The molecule has 4 bridgehead atoms. The van der Waals surface area contributed by atoms with Crippen LogP contribution in [0, 0.1) is 23.7 Å². The fraction of sp³-hybridized carbons (Fsp3) is 0.625. The Morgan fingerprint density at radius 1 is 1.30 bits per heavy atom. The lowest BCUT2D eigenvalue weighted by Crippen LogP contribution is -2.63. The van der Waals surface area contributed by atoms with Crippen LogP contribution in [0.4, 0.5) is 0 Å². The minimum absolute atomic E-state index is 0.00276. The van der Waals surface area contributed by atoms with Gasteiger partial charge in [0, 0.05) is 50.1 Å². The quantitative estimate of drug-likeness (QED) is 0.668. The smallest absolute Gasteiger partial charge is 0.305 e. The van der Waals surface area contributed by atoms with Crippen LogP contribution in [-0.4, -0.2) is 54.8 Å². The van der Waals surface area contributed by atoms with Gasteiger partial charge in [0.2, 0.25) is 5.91 Å². The topological polar surface area (TPSA) is 71.0 Å². The van der Waals surface area contributed by atoms with E-state index < -0.39 is 5.54 Å². The van der Waals surface area contributed by atoms with Crippen molar-refractivity contribution in [2.24, 2.45) is 28.7 Å². The maximum atomic E-state index is 13.6. The second-order valence-corrected chi connectivity index (χ2v) is 9.47. The van der Waals surface area contributed by atoms with Gasteiger partial charge >= 0.3 is 5.97 Å². The van der Waals surface area contributed by atoms with Crippen LogP contribution in [0.2, 0.25) is 0 Å². The van der Waals surface area contributed by atoms with Crippen molar-refractivity contribution in [1.82, 2.24) is 10.2 Å². The molecule has 1 aliphatic carbocycles. The van der Waals surface area contributed by atoms with Crippen LogP contribution >= 0.6 is 0 Å². The molecule has 1 saturated heterocycles. The minimum Gasteiger partial charge on any atom is -0.469 e. The normalized spacial score (nSPS) is 31.9. The molecule has 0 unspecified atom stereocenters. The van der Waals surface area contributed by atoms with Gasteiger partial charge in [0.1, 0.15) is 5.54 Å². The zero-order valence-electron chi connectivity index (χ0n) is 18.2. The standard InChI is InChI=1S/C24H33N3O3/c1-16(2)14-27-15-18-11-24(23(29)25-12-17-7-5-4-6-8-17)20(9-10-21(28)30-3)22(27)19(18)13-26-24/h4-8,13,16,18-20,22H,9-12,14-15H2,1-3H3,(H,25,29)/t18-,19-,20+,22+,24+/m1/s1. The van der Waals surface area contributed by atoms with Gasteiger partial charge in [-0.05, 0) is 30.2 Å². The number of esters is 1. The first-order chi connectivity index (χ1) is 14.4. The van der Waals surface area contributed by atoms with Crippen molar-refractivity contribution in [3.05, 3.63) is 35.9 Å². The number of carbonyl (C=O) groups is 2. The van der Waals surface area contributed by atoms with E-state index in [9.17, 15) is 9.59 Å². The lowest BCUT2D eigenvalue weighted by Gasteiger charge is -2.51. The van der Waals surface area contributed by atoms with Crippen LogP contribution in [0.1, 0.15) is 38.7 Å². The maximum absolute atomic E-state index is 13.6. The van der Waals surface area contributed by atoms with Gasteiger partial charge in [-0.15, -0.1) is 0 Å². The molecule has 1 amide bonds. The van der Waals surface area contributed by atoms with Crippen LogP contribution in [0.3, 0.4) is 0 Å². The highest BCUT2D eigenvalue weighted by Crippen LogP contribution is 2.54. The number of rotatable bonds is 8. The number of likely N-dealkylation sites (tertiary alicyclic amines) is 1. The summed E-state index contributed by atoms with van der Waals surface area (Å²) in [5.41, 5.74) is 0.296. The highest BCUT2D eigenvalue weighted by Gasteiger charge is 2.63. The van der Waals surface area contributed by atoms with Gasteiger partial charge in [0.15, 0.2) is 0 Å². The first-order valence-electron chi connectivity index (χ1n) is 11.1. The van der Waals surface area contributed by atoms with E-state index in [0.29, 0.717) is 37.1 Å². The number of aliphatic imine (C=N–C) groups is 1. The summed E-state index contributed by atoms with van der Waals surface area (Å²) in [5.74, 6) is 1.21. The molecule has 2 fully saturated rings. The van der Waals surface area contributed by atoms with Crippen molar-refractivity contribution < 1.29 is 14.3 Å². The summed E-state index contributed by atoms with van der Waals surface area (Å²) in [6, 6.07) is 10.2. The first kappa shape index (κ1) is 21.0.